The monoisotopic (exact) mass is 318 g/mol. The minimum Gasteiger partial charge on any atom is -0.384 e. The Bertz CT molecular complexity index is 733. The molecule has 3 nitrogen and oxygen atoms in total. The van der Waals surface area contributed by atoms with E-state index < -0.39 is 11.7 Å². The molecule has 2 N–H and O–H groups in total. The molecule has 0 aliphatic carbocycles. The van der Waals surface area contributed by atoms with Crippen LogP contribution in [0.2, 0.25) is 5.02 Å². The van der Waals surface area contributed by atoms with E-state index in [0.717, 1.165) is 30.3 Å². The van der Waals surface area contributed by atoms with Gasteiger partial charge in [0.15, 0.2) is 0 Å². The summed E-state index contributed by atoms with van der Waals surface area (Å²) < 4.78 is 13.8. The fraction of sp³-hybridized carbons (Fsp3) is 0.235. The van der Waals surface area contributed by atoms with Crippen LogP contribution in [0.1, 0.15) is 34.5 Å². The predicted molar refractivity (Wildman–Crippen MR) is 85.9 cm³/mol. The van der Waals surface area contributed by atoms with Gasteiger partial charge in [0.2, 0.25) is 0 Å². The van der Waals surface area contributed by atoms with Crippen molar-refractivity contribution in [1.29, 1.82) is 0 Å². The Balaban J connectivity index is 1.76. The van der Waals surface area contributed by atoms with Crippen molar-refractivity contribution in [2.45, 2.75) is 19.4 Å². The van der Waals surface area contributed by atoms with Crippen LogP contribution in [0.25, 0.3) is 0 Å². The topological polar surface area (TPSA) is 41.1 Å². The van der Waals surface area contributed by atoms with Gasteiger partial charge in [-0.3, -0.25) is 4.79 Å². The van der Waals surface area contributed by atoms with Crippen LogP contribution in [0.15, 0.2) is 36.4 Å². The molecule has 2 aromatic carbocycles. The van der Waals surface area contributed by atoms with E-state index in [1.807, 2.05) is 19.1 Å². The van der Waals surface area contributed by atoms with Crippen LogP contribution in [0.4, 0.5) is 10.1 Å². The maximum Gasteiger partial charge on any atom is 0.254 e. The summed E-state index contributed by atoms with van der Waals surface area (Å²) in [6.45, 7) is 2.82. The van der Waals surface area contributed by atoms with Crippen molar-refractivity contribution in [2.75, 3.05) is 11.9 Å². The maximum absolute atomic E-state index is 13.8. The second kappa shape index (κ2) is 5.97. The third-order valence-corrected chi connectivity index (χ3v) is 4.10. The van der Waals surface area contributed by atoms with E-state index in [1.165, 1.54) is 17.7 Å². The van der Waals surface area contributed by atoms with Crippen LogP contribution in [-0.2, 0) is 6.42 Å². The van der Waals surface area contributed by atoms with E-state index in [9.17, 15) is 9.18 Å². The molecule has 2 aromatic rings. The number of fused-ring (bicyclic) bond motifs is 1. The van der Waals surface area contributed by atoms with Gasteiger partial charge in [-0.1, -0.05) is 23.7 Å². The SMILES string of the molecule is CC(NC(=O)c1ccc(Cl)cc1F)c1ccc2c(c1)CCN2. The molecule has 1 atom stereocenters. The van der Waals surface area contributed by atoms with Crippen LogP contribution in [0, 0.1) is 5.82 Å². The molecule has 1 aliphatic heterocycles. The van der Waals surface area contributed by atoms with E-state index >= 15 is 0 Å². The first kappa shape index (κ1) is 14.9. The summed E-state index contributed by atoms with van der Waals surface area (Å²) in [6.07, 6.45) is 0.982. The van der Waals surface area contributed by atoms with Crippen LogP contribution >= 0.6 is 11.6 Å². The third-order valence-electron chi connectivity index (χ3n) is 3.86. The Labute approximate surface area is 133 Å². The largest absolute Gasteiger partial charge is 0.384 e. The Morgan fingerprint density at radius 3 is 2.91 bits per heavy atom. The lowest BCUT2D eigenvalue weighted by Crippen LogP contribution is -2.27. The molecule has 5 heteroatoms. The van der Waals surface area contributed by atoms with Crippen molar-refractivity contribution in [3.63, 3.8) is 0 Å². The summed E-state index contributed by atoms with van der Waals surface area (Å²) in [4.78, 5) is 12.2. The van der Waals surface area contributed by atoms with Gasteiger partial charge in [0, 0.05) is 17.3 Å². The van der Waals surface area contributed by atoms with E-state index in [0.29, 0.717) is 0 Å². The molecular weight excluding hydrogens is 303 g/mol. The molecule has 1 amide bonds. The van der Waals surface area contributed by atoms with E-state index in [2.05, 4.69) is 16.7 Å². The van der Waals surface area contributed by atoms with Gasteiger partial charge < -0.3 is 10.6 Å². The normalized spacial score (nSPS) is 14.1. The standard InChI is InChI=1S/C17H16ClFN2O/c1-10(11-2-5-16-12(8-11)6-7-20-16)21-17(22)14-4-3-13(18)9-15(14)19/h2-5,8-10,20H,6-7H2,1H3,(H,21,22). The molecule has 0 bridgehead atoms. The third kappa shape index (κ3) is 2.92. The molecule has 3 rings (SSSR count). The number of anilines is 1. The van der Waals surface area contributed by atoms with E-state index in [4.69, 9.17) is 11.6 Å². The summed E-state index contributed by atoms with van der Waals surface area (Å²) >= 11 is 5.70. The summed E-state index contributed by atoms with van der Waals surface area (Å²) in [5.74, 6) is -1.06. The van der Waals surface area contributed by atoms with Gasteiger partial charge in [-0.15, -0.1) is 0 Å². The fourth-order valence-electron chi connectivity index (χ4n) is 2.63. The molecule has 0 fully saturated rings. The van der Waals surface area contributed by atoms with Gasteiger partial charge in [-0.05, 0) is 48.7 Å². The summed E-state index contributed by atoms with van der Waals surface area (Å²) in [6, 6.07) is 9.91. The van der Waals surface area contributed by atoms with Gasteiger partial charge in [0.1, 0.15) is 5.82 Å². The zero-order valence-corrected chi connectivity index (χ0v) is 12.9. The fourth-order valence-corrected chi connectivity index (χ4v) is 2.78. The lowest BCUT2D eigenvalue weighted by Gasteiger charge is -2.16. The Morgan fingerprint density at radius 2 is 2.14 bits per heavy atom. The van der Waals surface area contributed by atoms with Crippen molar-refractivity contribution < 1.29 is 9.18 Å². The minimum atomic E-state index is -0.615. The summed E-state index contributed by atoms with van der Waals surface area (Å²) in [5, 5.41) is 6.39. The molecule has 1 aliphatic rings. The zero-order valence-electron chi connectivity index (χ0n) is 12.1. The first-order chi connectivity index (χ1) is 10.5. The molecule has 0 radical (unpaired) electrons. The average molecular weight is 319 g/mol. The number of halogens is 2. The molecule has 0 saturated carbocycles. The maximum atomic E-state index is 13.8. The average Bonchev–Trinajstić information content (AvgIpc) is 2.94. The molecule has 0 aromatic heterocycles. The van der Waals surface area contributed by atoms with Crippen LogP contribution in [0.3, 0.4) is 0 Å². The second-order valence-electron chi connectivity index (χ2n) is 5.41. The number of amides is 1. The molecule has 1 unspecified atom stereocenters. The predicted octanol–water partition coefficient (Wildman–Crippen LogP) is 3.94. The second-order valence-corrected chi connectivity index (χ2v) is 5.85. The highest BCUT2D eigenvalue weighted by molar-refractivity contribution is 6.30. The summed E-state index contributed by atoms with van der Waals surface area (Å²) in [5.41, 5.74) is 3.39. The van der Waals surface area contributed by atoms with Gasteiger partial charge in [0.05, 0.1) is 11.6 Å². The quantitative estimate of drug-likeness (QED) is 0.900. The molecular formula is C17H16ClFN2O. The Morgan fingerprint density at radius 1 is 1.32 bits per heavy atom. The van der Waals surface area contributed by atoms with Crippen LogP contribution in [0.5, 0.6) is 0 Å². The van der Waals surface area contributed by atoms with Crippen LogP contribution in [-0.4, -0.2) is 12.5 Å². The number of benzene rings is 2. The van der Waals surface area contributed by atoms with Crippen molar-refractivity contribution in [1.82, 2.24) is 5.32 Å². The molecule has 0 spiro atoms. The number of rotatable bonds is 3. The number of hydrogen-bond donors (Lipinski definition) is 2. The van der Waals surface area contributed by atoms with Gasteiger partial charge >= 0.3 is 0 Å². The van der Waals surface area contributed by atoms with Gasteiger partial charge in [0.25, 0.3) is 5.91 Å². The molecule has 22 heavy (non-hydrogen) atoms. The van der Waals surface area contributed by atoms with E-state index in [1.54, 1.807) is 0 Å². The Kier molecular flexibility index (Phi) is 4.03. The summed E-state index contributed by atoms with van der Waals surface area (Å²) in [7, 11) is 0. The number of hydrogen-bond acceptors (Lipinski definition) is 2. The molecule has 1 heterocycles. The van der Waals surface area contributed by atoms with Gasteiger partial charge in [-0.25, -0.2) is 4.39 Å². The smallest absolute Gasteiger partial charge is 0.254 e. The van der Waals surface area contributed by atoms with Crippen molar-refractivity contribution in [3.8, 4) is 0 Å². The van der Waals surface area contributed by atoms with Crippen molar-refractivity contribution in [2.24, 2.45) is 0 Å². The molecule has 0 saturated heterocycles. The van der Waals surface area contributed by atoms with Crippen molar-refractivity contribution in [3.05, 3.63) is 63.9 Å². The van der Waals surface area contributed by atoms with Gasteiger partial charge in [-0.2, -0.15) is 0 Å². The number of carbonyl (C=O) groups is 1. The highest BCUT2D eigenvalue weighted by Gasteiger charge is 2.17. The number of carbonyl (C=O) groups excluding carboxylic acids is 1. The zero-order chi connectivity index (χ0) is 15.7. The van der Waals surface area contributed by atoms with Crippen LogP contribution < -0.4 is 10.6 Å². The van der Waals surface area contributed by atoms with E-state index in [-0.39, 0.29) is 16.6 Å². The molecule has 114 valence electrons. The highest BCUT2D eigenvalue weighted by atomic mass is 35.5. The first-order valence-electron chi connectivity index (χ1n) is 7.17. The van der Waals surface area contributed by atoms with Crippen molar-refractivity contribution >= 4 is 23.2 Å². The number of nitrogens with one attached hydrogen (secondary N) is 2. The first-order valence-corrected chi connectivity index (χ1v) is 7.55. The minimum absolute atomic E-state index is 0.000855. The Hall–Kier alpha value is -2.07. The highest BCUT2D eigenvalue weighted by Crippen LogP contribution is 2.26. The lowest BCUT2D eigenvalue weighted by atomic mass is 10.0. The lowest BCUT2D eigenvalue weighted by molar-refractivity contribution is 0.0936.